The lowest BCUT2D eigenvalue weighted by Gasteiger charge is -2.18. The second-order valence-corrected chi connectivity index (χ2v) is 13.4. The Kier molecular flexibility index (Phi) is 6.88. The quantitative estimate of drug-likeness (QED) is 0.530. The van der Waals surface area contributed by atoms with Crippen molar-refractivity contribution in [2.24, 2.45) is 8.80 Å². The second kappa shape index (κ2) is 9.07. The number of sulfonamides is 2. The smallest absolute Gasteiger partial charge is 0.199 e. The van der Waals surface area contributed by atoms with Gasteiger partial charge < -0.3 is 0 Å². The van der Waals surface area contributed by atoms with E-state index in [9.17, 15) is 16.8 Å². The fourth-order valence-corrected chi connectivity index (χ4v) is 5.18. The number of allylic oxidation sites excluding steroid dienone is 4. The third-order valence-corrected chi connectivity index (χ3v) is 7.98. The van der Waals surface area contributed by atoms with Crippen LogP contribution in [0.25, 0.3) is 0 Å². The molecule has 0 unspecified atom stereocenters. The van der Waals surface area contributed by atoms with Crippen LogP contribution in [0.2, 0.25) is 0 Å². The lowest BCUT2D eigenvalue weighted by atomic mass is 9.87. The molecule has 0 radical (unpaired) electrons. The van der Waals surface area contributed by atoms with E-state index in [0.717, 1.165) is 11.1 Å². The highest BCUT2D eigenvalue weighted by Gasteiger charge is 2.19. The summed E-state index contributed by atoms with van der Waals surface area (Å²) in [6.07, 6.45) is 5.71. The van der Waals surface area contributed by atoms with Crippen molar-refractivity contribution in [2.75, 3.05) is 0 Å². The van der Waals surface area contributed by atoms with Crippen molar-refractivity contribution in [3.05, 3.63) is 84.0 Å². The van der Waals surface area contributed by atoms with Crippen molar-refractivity contribution in [1.82, 2.24) is 0 Å². The summed E-state index contributed by atoms with van der Waals surface area (Å²) in [4.78, 5) is 0.186. The Balaban J connectivity index is 1.79. The Hall–Kier alpha value is -2.84. The van der Waals surface area contributed by atoms with Crippen LogP contribution in [0, 0.1) is 0 Å². The molecule has 0 saturated heterocycles. The monoisotopic (exact) mass is 498 g/mol. The maximum absolute atomic E-state index is 12.7. The molecule has 0 spiro atoms. The number of hydrogen-bond donors (Lipinski definition) is 0. The van der Waals surface area contributed by atoms with Crippen molar-refractivity contribution < 1.29 is 16.8 Å². The normalized spacial score (nSPS) is 14.9. The van der Waals surface area contributed by atoms with E-state index >= 15 is 0 Å². The van der Waals surface area contributed by atoms with Gasteiger partial charge in [0.15, 0.2) is 0 Å². The summed E-state index contributed by atoms with van der Waals surface area (Å²) < 4.78 is 58.4. The first kappa shape index (κ1) is 25.8. The molecule has 0 aromatic heterocycles. The van der Waals surface area contributed by atoms with Gasteiger partial charge in [-0.15, -0.1) is 0 Å². The minimum atomic E-state index is -3.91. The molecule has 180 valence electrons. The summed E-state index contributed by atoms with van der Waals surface area (Å²) in [7, 11) is -7.81. The minimum absolute atomic E-state index is 0.0896. The van der Waals surface area contributed by atoms with Crippen molar-refractivity contribution in [1.29, 1.82) is 0 Å². The summed E-state index contributed by atoms with van der Waals surface area (Å²) in [6.45, 7) is 12.3. The fraction of sp³-hybridized carbons (Fsp3) is 0.308. The van der Waals surface area contributed by atoms with Gasteiger partial charge in [-0.2, -0.15) is 25.6 Å². The average molecular weight is 499 g/mol. The topological polar surface area (TPSA) is 93.0 Å². The van der Waals surface area contributed by atoms with Crippen LogP contribution in [0.4, 0.5) is 0 Å². The predicted molar refractivity (Wildman–Crippen MR) is 138 cm³/mol. The van der Waals surface area contributed by atoms with E-state index in [1.807, 2.05) is 0 Å². The zero-order chi connectivity index (χ0) is 25.4. The Morgan fingerprint density at radius 1 is 0.500 bits per heavy atom. The first-order chi connectivity index (χ1) is 15.6. The zero-order valence-corrected chi connectivity index (χ0v) is 21.9. The van der Waals surface area contributed by atoms with Gasteiger partial charge in [-0.05, 0) is 70.5 Å². The van der Waals surface area contributed by atoms with Gasteiger partial charge in [0.1, 0.15) is 0 Å². The van der Waals surface area contributed by atoms with Crippen molar-refractivity contribution >= 4 is 31.5 Å². The molecule has 1 aliphatic rings. The Labute approximate surface area is 203 Å². The molecule has 8 heteroatoms. The lowest BCUT2D eigenvalue weighted by Crippen LogP contribution is -2.11. The highest BCUT2D eigenvalue weighted by Crippen LogP contribution is 2.25. The maximum atomic E-state index is 12.7. The largest absolute Gasteiger partial charge is 0.282 e. The third-order valence-electron chi connectivity index (χ3n) is 5.34. The van der Waals surface area contributed by atoms with Gasteiger partial charge in [0.05, 0.1) is 21.2 Å². The van der Waals surface area contributed by atoms with E-state index in [1.165, 1.54) is 24.3 Å². The molecule has 6 nitrogen and oxygen atoms in total. The predicted octanol–water partition coefficient (Wildman–Crippen LogP) is 5.37. The fourth-order valence-electron chi connectivity index (χ4n) is 3.21. The van der Waals surface area contributed by atoms with E-state index < -0.39 is 20.0 Å². The number of hydrogen-bond acceptors (Lipinski definition) is 4. The number of nitrogens with zero attached hydrogens (tertiary/aromatic N) is 2. The highest BCUT2D eigenvalue weighted by atomic mass is 32.2. The molecule has 0 heterocycles. The summed E-state index contributed by atoms with van der Waals surface area (Å²) in [5.41, 5.74) is 2.23. The molecule has 1 aliphatic carbocycles. The first-order valence-corrected chi connectivity index (χ1v) is 13.7. The van der Waals surface area contributed by atoms with E-state index in [-0.39, 0.29) is 32.0 Å². The van der Waals surface area contributed by atoms with Crippen LogP contribution >= 0.6 is 0 Å². The summed E-state index contributed by atoms with van der Waals surface area (Å²) in [5.74, 6) is 0. The van der Waals surface area contributed by atoms with Crippen LogP contribution in [0.15, 0.2) is 91.4 Å². The van der Waals surface area contributed by atoms with Crippen LogP contribution in [0.3, 0.4) is 0 Å². The molecule has 2 aromatic rings. The highest BCUT2D eigenvalue weighted by molar-refractivity contribution is 7.90. The van der Waals surface area contributed by atoms with Crippen molar-refractivity contribution in [3.63, 3.8) is 0 Å². The Bertz CT molecular complexity index is 1270. The Morgan fingerprint density at radius 2 is 0.765 bits per heavy atom. The standard InChI is InChI=1S/C26H30N2O4S2/c1-25(2,3)19-7-15-23(16-8-19)33(29,30)27-21-11-13-22(14-12-21)28-34(31,32)24-17-9-20(10-18-24)26(4,5)6/h7-18H,1-6H3. The molecular formula is C26H30N2O4S2. The van der Waals surface area contributed by atoms with Crippen LogP contribution < -0.4 is 0 Å². The SMILES string of the molecule is CC(C)(C)c1ccc(S(=O)(=O)N=C2C=CC(=NS(=O)(=O)c3ccc(C(C)(C)C)cc3)C=C2)cc1. The van der Waals surface area contributed by atoms with E-state index in [4.69, 9.17) is 0 Å². The third kappa shape index (κ3) is 6.18. The summed E-state index contributed by atoms with van der Waals surface area (Å²) in [5, 5.41) is 0. The second-order valence-electron chi connectivity index (χ2n) is 10.2. The van der Waals surface area contributed by atoms with E-state index in [1.54, 1.807) is 48.5 Å². The molecular weight excluding hydrogens is 468 g/mol. The summed E-state index contributed by atoms with van der Waals surface area (Å²) in [6, 6.07) is 13.3. The molecule has 0 fully saturated rings. The van der Waals surface area contributed by atoms with Gasteiger partial charge in [0.2, 0.25) is 0 Å². The van der Waals surface area contributed by atoms with Gasteiger partial charge in [0, 0.05) is 0 Å². The van der Waals surface area contributed by atoms with Crippen LogP contribution in [0.5, 0.6) is 0 Å². The van der Waals surface area contributed by atoms with E-state index in [2.05, 4.69) is 50.3 Å². The number of rotatable bonds is 4. The molecule has 0 saturated carbocycles. The molecule has 34 heavy (non-hydrogen) atoms. The zero-order valence-electron chi connectivity index (χ0n) is 20.3. The molecule has 0 aliphatic heterocycles. The van der Waals surface area contributed by atoms with Crippen molar-refractivity contribution in [3.8, 4) is 0 Å². The van der Waals surface area contributed by atoms with Crippen LogP contribution in [-0.4, -0.2) is 28.3 Å². The molecule has 0 amide bonds. The van der Waals surface area contributed by atoms with Crippen LogP contribution in [0.1, 0.15) is 52.7 Å². The lowest BCUT2D eigenvalue weighted by molar-refractivity contribution is 0.586. The minimum Gasteiger partial charge on any atom is -0.199 e. The van der Waals surface area contributed by atoms with Crippen molar-refractivity contribution in [2.45, 2.75) is 62.2 Å². The van der Waals surface area contributed by atoms with Gasteiger partial charge in [-0.25, -0.2) is 0 Å². The Morgan fingerprint density at radius 3 is 1.00 bits per heavy atom. The molecule has 0 bridgehead atoms. The molecule has 0 atom stereocenters. The van der Waals surface area contributed by atoms with Gasteiger partial charge in [0.25, 0.3) is 20.0 Å². The maximum Gasteiger partial charge on any atom is 0.282 e. The van der Waals surface area contributed by atoms with Gasteiger partial charge in [-0.1, -0.05) is 65.8 Å². The first-order valence-electron chi connectivity index (χ1n) is 10.9. The summed E-state index contributed by atoms with van der Waals surface area (Å²) >= 11 is 0. The molecule has 0 N–H and O–H groups in total. The molecule has 3 rings (SSSR count). The molecule has 2 aromatic carbocycles. The van der Waals surface area contributed by atoms with Gasteiger partial charge in [-0.3, -0.25) is 0 Å². The average Bonchev–Trinajstić information content (AvgIpc) is 2.74. The number of benzene rings is 2. The van der Waals surface area contributed by atoms with E-state index in [0.29, 0.717) is 0 Å². The van der Waals surface area contributed by atoms with Crippen LogP contribution in [-0.2, 0) is 30.9 Å². The van der Waals surface area contributed by atoms with Gasteiger partial charge >= 0.3 is 0 Å².